The Morgan fingerprint density at radius 2 is 2.00 bits per heavy atom. The number of nitrogens with zero attached hydrogens (tertiary/aromatic N) is 1. The average molecular weight is 372 g/mol. The Morgan fingerprint density at radius 3 is 2.60 bits per heavy atom. The smallest absolute Gasteiger partial charge is 0.330 e. The Hall–Kier alpha value is -1.14. The monoisotopic (exact) mass is 372 g/mol. The number of aliphatic hydroxyl groups is 2. The first-order valence-electron chi connectivity index (χ1n) is 8.67. The molecule has 0 radical (unpaired) electrons. The van der Waals surface area contributed by atoms with E-state index >= 15 is 0 Å². The molecule has 2 heterocycles. The fourth-order valence-electron chi connectivity index (χ4n) is 2.94. The van der Waals surface area contributed by atoms with Gasteiger partial charge in [0.05, 0.1) is 6.10 Å². The van der Waals surface area contributed by atoms with Gasteiger partial charge in [0.2, 0.25) is 0 Å². The number of H-pyrrole nitrogens is 1. The summed E-state index contributed by atoms with van der Waals surface area (Å²) < 4.78 is 6.96. The molecule has 25 heavy (non-hydrogen) atoms. The van der Waals surface area contributed by atoms with Crippen LogP contribution in [0.1, 0.15) is 38.0 Å². The molecule has 0 aromatic carbocycles. The van der Waals surface area contributed by atoms with Crippen LogP contribution < -0.4 is 11.2 Å². The number of hydrogen-bond acceptors (Lipinski definition) is 5. The highest BCUT2D eigenvalue weighted by Crippen LogP contribution is 2.39. The lowest BCUT2D eigenvalue weighted by Gasteiger charge is -2.19. The van der Waals surface area contributed by atoms with E-state index in [0.717, 1.165) is 19.0 Å². The van der Waals surface area contributed by atoms with Gasteiger partial charge in [0, 0.05) is 11.8 Å². The molecule has 1 aromatic heterocycles. The van der Waals surface area contributed by atoms with Crippen LogP contribution in [0.4, 0.5) is 0 Å². The van der Waals surface area contributed by atoms with Crippen LogP contribution in [-0.2, 0) is 11.2 Å². The lowest BCUT2D eigenvalue weighted by atomic mass is 10.1. The SMILES string of the molecule is C=P(C)(C)CC[C@H]1O[C@@H](n2cc(CCCC)c(=O)[nH]c2=O)C(O)[C@@H]1O. The summed E-state index contributed by atoms with van der Waals surface area (Å²) in [6.45, 7) is 4.92. The van der Waals surface area contributed by atoms with Gasteiger partial charge in [-0.05, 0) is 38.8 Å². The second kappa shape index (κ2) is 8.04. The summed E-state index contributed by atoms with van der Waals surface area (Å²) >= 11 is 0. The molecule has 1 aliphatic rings. The van der Waals surface area contributed by atoms with Crippen LogP contribution in [-0.4, -0.2) is 63.9 Å². The fraction of sp³-hybridized carbons (Fsp3) is 0.706. The highest BCUT2D eigenvalue weighted by atomic mass is 31.2. The maximum atomic E-state index is 12.2. The van der Waals surface area contributed by atoms with Gasteiger partial charge in [-0.15, -0.1) is 13.2 Å². The summed E-state index contributed by atoms with van der Waals surface area (Å²) in [7, 11) is 0. The van der Waals surface area contributed by atoms with Gasteiger partial charge in [-0.1, -0.05) is 13.3 Å². The quantitative estimate of drug-likeness (QED) is 0.608. The van der Waals surface area contributed by atoms with Crippen molar-refractivity contribution in [3.05, 3.63) is 32.6 Å². The van der Waals surface area contributed by atoms with Gasteiger partial charge in [0.15, 0.2) is 6.23 Å². The minimum atomic E-state index is -1.28. The van der Waals surface area contributed by atoms with Gasteiger partial charge in [-0.25, -0.2) is 4.79 Å². The number of unbranched alkanes of at least 4 members (excludes halogenated alkanes) is 1. The largest absolute Gasteiger partial charge is 0.388 e. The van der Waals surface area contributed by atoms with Crippen LogP contribution in [0, 0.1) is 0 Å². The summed E-state index contributed by atoms with van der Waals surface area (Å²) in [6, 6.07) is 0. The number of rotatable bonds is 7. The second-order valence-corrected chi connectivity index (χ2v) is 11.7. The van der Waals surface area contributed by atoms with E-state index in [1.165, 1.54) is 10.8 Å². The van der Waals surface area contributed by atoms with Crippen LogP contribution >= 0.6 is 6.89 Å². The van der Waals surface area contributed by atoms with Crippen LogP contribution in [0.15, 0.2) is 15.8 Å². The molecule has 0 aliphatic carbocycles. The zero-order valence-corrected chi connectivity index (χ0v) is 16.0. The number of aromatic nitrogens is 2. The Bertz CT molecular complexity index is 750. The van der Waals surface area contributed by atoms with Gasteiger partial charge in [0.1, 0.15) is 12.2 Å². The first-order valence-corrected chi connectivity index (χ1v) is 11.7. The molecule has 1 unspecified atom stereocenters. The number of hydrogen-bond donors (Lipinski definition) is 3. The minimum absolute atomic E-state index is 0.414. The summed E-state index contributed by atoms with van der Waals surface area (Å²) in [5, 5.41) is 20.6. The molecule has 1 fully saturated rings. The normalized spacial score (nSPS) is 26.9. The Kier molecular flexibility index (Phi) is 6.49. The van der Waals surface area contributed by atoms with Gasteiger partial charge in [-0.3, -0.25) is 14.3 Å². The first-order chi connectivity index (χ1) is 11.6. The van der Waals surface area contributed by atoms with E-state index in [1.807, 2.05) is 6.92 Å². The molecule has 142 valence electrons. The van der Waals surface area contributed by atoms with Crippen molar-refractivity contribution in [1.82, 2.24) is 9.55 Å². The van der Waals surface area contributed by atoms with E-state index < -0.39 is 42.7 Å². The highest BCUT2D eigenvalue weighted by molar-refractivity contribution is 7.72. The van der Waals surface area contributed by atoms with E-state index in [-0.39, 0.29) is 0 Å². The van der Waals surface area contributed by atoms with E-state index in [1.54, 1.807) is 0 Å². The van der Waals surface area contributed by atoms with E-state index in [4.69, 9.17) is 4.74 Å². The molecular formula is C17H29N2O5P. The van der Waals surface area contributed by atoms with E-state index in [0.29, 0.717) is 18.4 Å². The first kappa shape index (κ1) is 20.2. The number of nitrogens with one attached hydrogen (secondary N) is 1. The molecule has 1 aromatic rings. The number of aromatic amines is 1. The molecule has 0 saturated carbocycles. The molecule has 0 bridgehead atoms. The molecule has 0 amide bonds. The van der Waals surface area contributed by atoms with Gasteiger partial charge in [0.25, 0.3) is 5.56 Å². The Morgan fingerprint density at radius 1 is 1.32 bits per heavy atom. The van der Waals surface area contributed by atoms with Crippen LogP contribution in [0.25, 0.3) is 0 Å². The predicted octanol–water partition coefficient (Wildman–Crippen LogP) is 0.598. The maximum absolute atomic E-state index is 12.2. The van der Waals surface area contributed by atoms with Crippen molar-refractivity contribution < 1.29 is 14.9 Å². The molecule has 8 heteroatoms. The molecule has 3 N–H and O–H groups in total. The number of ether oxygens (including phenoxy) is 1. The van der Waals surface area contributed by atoms with Crippen molar-refractivity contribution in [2.45, 2.75) is 57.1 Å². The van der Waals surface area contributed by atoms with Gasteiger partial charge < -0.3 is 14.9 Å². The van der Waals surface area contributed by atoms with Crippen molar-refractivity contribution in [1.29, 1.82) is 0 Å². The third-order valence-corrected chi connectivity index (χ3v) is 5.94. The van der Waals surface area contributed by atoms with Crippen molar-refractivity contribution in [3.8, 4) is 0 Å². The molecule has 1 saturated heterocycles. The second-order valence-electron chi connectivity index (χ2n) is 7.42. The fourth-order valence-corrected chi connectivity index (χ4v) is 3.89. The molecule has 4 atom stereocenters. The Labute approximate surface area is 147 Å². The van der Waals surface area contributed by atoms with Crippen molar-refractivity contribution >= 4 is 13.2 Å². The molecule has 7 nitrogen and oxygen atoms in total. The van der Waals surface area contributed by atoms with Crippen LogP contribution in [0.5, 0.6) is 0 Å². The van der Waals surface area contributed by atoms with E-state index in [2.05, 4.69) is 24.6 Å². The summed E-state index contributed by atoms with van der Waals surface area (Å²) in [5.74, 6) is 0. The highest BCUT2D eigenvalue weighted by Gasteiger charge is 2.43. The molecule has 2 rings (SSSR count). The van der Waals surface area contributed by atoms with Crippen molar-refractivity contribution in [2.24, 2.45) is 0 Å². The third-order valence-electron chi connectivity index (χ3n) is 4.47. The lowest BCUT2D eigenvalue weighted by molar-refractivity contribution is -0.0404. The van der Waals surface area contributed by atoms with E-state index in [9.17, 15) is 19.8 Å². The summed E-state index contributed by atoms with van der Waals surface area (Å²) in [6.07, 6.45) is 5.39. The predicted molar refractivity (Wildman–Crippen MR) is 101 cm³/mol. The van der Waals surface area contributed by atoms with Crippen LogP contribution in [0.3, 0.4) is 0 Å². The van der Waals surface area contributed by atoms with Crippen molar-refractivity contribution in [3.63, 3.8) is 0 Å². The number of aliphatic hydroxyl groups excluding tert-OH is 2. The number of aryl methyl sites for hydroxylation is 1. The molecule has 0 spiro atoms. The third kappa shape index (κ3) is 4.94. The van der Waals surface area contributed by atoms with Gasteiger partial charge >= 0.3 is 5.69 Å². The van der Waals surface area contributed by atoms with Crippen molar-refractivity contribution in [2.75, 3.05) is 19.5 Å². The molecule has 1 aliphatic heterocycles. The van der Waals surface area contributed by atoms with Crippen LogP contribution in [0.2, 0.25) is 0 Å². The lowest BCUT2D eigenvalue weighted by Crippen LogP contribution is -2.38. The zero-order chi connectivity index (χ0) is 18.8. The summed E-state index contributed by atoms with van der Waals surface area (Å²) in [4.78, 5) is 26.3. The molecular weight excluding hydrogens is 343 g/mol. The standard InChI is InChI=1S/C17H29N2O5P/c1-5-6-7-11-10-19(17(23)18-15(11)22)16-14(21)13(20)12(24-16)8-9-25(2,3)4/h10,12-14,16,20-21H,2,5-9H2,1,3-4H3,(H,18,22,23)/t12-,13-,14?,16-/m1/s1. The zero-order valence-electron chi connectivity index (χ0n) is 15.1. The topological polar surface area (TPSA) is 105 Å². The maximum Gasteiger partial charge on any atom is 0.330 e. The summed E-state index contributed by atoms with van der Waals surface area (Å²) in [5.41, 5.74) is -0.588. The van der Waals surface area contributed by atoms with Gasteiger partial charge in [-0.2, -0.15) is 0 Å². The minimum Gasteiger partial charge on any atom is -0.388 e. The average Bonchev–Trinajstić information content (AvgIpc) is 2.80. The Balaban J connectivity index is 2.24.